The van der Waals surface area contributed by atoms with E-state index in [2.05, 4.69) is 5.32 Å². The largest absolute Gasteiger partial charge is 0.497 e. The van der Waals surface area contributed by atoms with Crippen molar-refractivity contribution < 1.29 is 22.1 Å². The lowest BCUT2D eigenvalue weighted by Crippen LogP contribution is -2.50. The number of hydrogen-bond acceptors (Lipinski definition) is 5. The smallest absolute Gasteiger partial charge is 0.339 e. The van der Waals surface area contributed by atoms with Crippen molar-refractivity contribution in [1.82, 2.24) is 10.2 Å². The predicted octanol–water partition coefficient (Wildman–Crippen LogP) is 4.57. The van der Waals surface area contributed by atoms with E-state index in [1.165, 1.54) is 19.2 Å². The molecule has 7 nitrogen and oxygen atoms in total. The van der Waals surface area contributed by atoms with Gasteiger partial charge in [-0.25, -0.2) is 4.79 Å². The van der Waals surface area contributed by atoms with Gasteiger partial charge in [0.1, 0.15) is 16.4 Å². The van der Waals surface area contributed by atoms with E-state index in [-0.39, 0.29) is 28.3 Å². The second-order valence-corrected chi connectivity index (χ2v) is 9.97. The molecule has 31 heavy (non-hydrogen) atoms. The highest BCUT2D eigenvalue weighted by atomic mass is 32.2. The summed E-state index contributed by atoms with van der Waals surface area (Å²) in [4.78, 5) is 14.6. The zero-order valence-electron chi connectivity index (χ0n) is 19.0. The molecule has 0 heterocycles. The van der Waals surface area contributed by atoms with Crippen LogP contribution in [0.1, 0.15) is 46.6 Å². The highest BCUT2D eigenvalue weighted by molar-refractivity contribution is 7.87. The minimum atomic E-state index is -3.99. The van der Waals surface area contributed by atoms with Crippen LogP contribution in [0.3, 0.4) is 0 Å². The minimum absolute atomic E-state index is 0.00922. The number of urea groups is 1. The van der Waals surface area contributed by atoms with Crippen molar-refractivity contribution in [3.63, 3.8) is 0 Å². The van der Waals surface area contributed by atoms with Gasteiger partial charge in [-0.1, -0.05) is 19.1 Å². The number of nitrogens with one attached hydrogen (secondary N) is 1. The van der Waals surface area contributed by atoms with Crippen molar-refractivity contribution in [2.45, 2.75) is 64.1 Å². The Bertz CT molecular complexity index is 982. The zero-order chi connectivity index (χ0) is 23.2. The van der Waals surface area contributed by atoms with Gasteiger partial charge in [0.25, 0.3) is 0 Å². The molecule has 0 aliphatic rings. The lowest BCUT2D eigenvalue weighted by atomic mass is 10.1. The molecule has 0 aliphatic carbocycles. The van der Waals surface area contributed by atoms with Crippen molar-refractivity contribution in [3.8, 4) is 11.5 Å². The molecule has 1 N–H and O–H groups in total. The van der Waals surface area contributed by atoms with Crippen LogP contribution in [0.15, 0.2) is 53.4 Å². The summed E-state index contributed by atoms with van der Waals surface area (Å²) in [5, 5.41) is 2.99. The molecule has 2 aromatic carbocycles. The Morgan fingerprint density at radius 2 is 1.74 bits per heavy atom. The topological polar surface area (TPSA) is 84.9 Å². The SMILES string of the molecule is CC[C@@H](C)N(Cc1cccc(OS(=O)(=O)c2ccc(OC)cc2)c1)C(=O)NC(C)(C)C. The third kappa shape index (κ3) is 7.17. The molecule has 0 unspecified atom stereocenters. The van der Waals surface area contributed by atoms with Crippen LogP contribution in [0.25, 0.3) is 0 Å². The number of carbonyl (C=O) groups excluding carboxylic acids is 1. The maximum absolute atomic E-state index is 12.8. The average molecular weight is 449 g/mol. The highest BCUT2D eigenvalue weighted by Gasteiger charge is 2.24. The fourth-order valence-electron chi connectivity index (χ4n) is 2.85. The van der Waals surface area contributed by atoms with E-state index in [1.807, 2.05) is 40.7 Å². The quantitative estimate of drug-likeness (QED) is 0.598. The lowest BCUT2D eigenvalue weighted by Gasteiger charge is -2.32. The normalized spacial score (nSPS) is 12.7. The van der Waals surface area contributed by atoms with Gasteiger partial charge in [-0.15, -0.1) is 0 Å². The van der Waals surface area contributed by atoms with Crippen LogP contribution in [0.4, 0.5) is 4.79 Å². The van der Waals surface area contributed by atoms with Gasteiger partial charge in [-0.3, -0.25) is 0 Å². The monoisotopic (exact) mass is 448 g/mol. The van der Waals surface area contributed by atoms with E-state index in [9.17, 15) is 13.2 Å². The molecule has 0 saturated carbocycles. The van der Waals surface area contributed by atoms with Crippen molar-refractivity contribution in [3.05, 3.63) is 54.1 Å². The second-order valence-electron chi connectivity index (χ2n) is 8.43. The summed E-state index contributed by atoms with van der Waals surface area (Å²) in [5.41, 5.74) is 0.409. The number of hydrogen-bond donors (Lipinski definition) is 1. The molecule has 0 spiro atoms. The summed E-state index contributed by atoms with van der Waals surface area (Å²) >= 11 is 0. The summed E-state index contributed by atoms with van der Waals surface area (Å²) in [5.74, 6) is 0.744. The molecule has 0 bridgehead atoms. The van der Waals surface area contributed by atoms with Crippen LogP contribution < -0.4 is 14.2 Å². The van der Waals surface area contributed by atoms with Crippen LogP contribution in [0.5, 0.6) is 11.5 Å². The van der Waals surface area contributed by atoms with Crippen molar-refractivity contribution in [2.75, 3.05) is 7.11 Å². The molecular weight excluding hydrogens is 416 g/mol. The maximum Gasteiger partial charge on any atom is 0.339 e. The fraction of sp³-hybridized carbons (Fsp3) is 0.435. The van der Waals surface area contributed by atoms with Gasteiger partial charge in [0, 0.05) is 18.1 Å². The van der Waals surface area contributed by atoms with Crippen molar-refractivity contribution in [1.29, 1.82) is 0 Å². The first-order valence-corrected chi connectivity index (χ1v) is 11.6. The molecule has 2 amide bonds. The molecule has 1 atom stereocenters. The molecule has 0 saturated heterocycles. The molecule has 0 aliphatic heterocycles. The van der Waals surface area contributed by atoms with E-state index < -0.39 is 10.1 Å². The van der Waals surface area contributed by atoms with E-state index >= 15 is 0 Å². The van der Waals surface area contributed by atoms with Crippen molar-refractivity contribution >= 4 is 16.1 Å². The van der Waals surface area contributed by atoms with E-state index in [0.717, 1.165) is 12.0 Å². The number of methoxy groups -OCH3 is 1. The van der Waals surface area contributed by atoms with Crippen LogP contribution in [0.2, 0.25) is 0 Å². The fourth-order valence-corrected chi connectivity index (χ4v) is 3.77. The highest BCUT2D eigenvalue weighted by Crippen LogP contribution is 2.23. The predicted molar refractivity (Wildman–Crippen MR) is 121 cm³/mol. The molecule has 2 rings (SSSR count). The summed E-state index contributed by atoms with van der Waals surface area (Å²) in [6, 6.07) is 12.6. The number of rotatable bonds is 8. The number of amides is 2. The van der Waals surface area contributed by atoms with E-state index in [0.29, 0.717) is 12.3 Å². The van der Waals surface area contributed by atoms with Crippen molar-refractivity contribution in [2.24, 2.45) is 0 Å². The van der Waals surface area contributed by atoms with Gasteiger partial charge in [0.15, 0.2) is 0 Å². The Balaban J connectivity index is 2.21. The summed E-state index contributed by atoms with van der Waals surface area (Å²) < 4.78 is 35.6. The molecule has 170 valence electrons. The standard InChI is InChI=1S/C23H32N2O5S/c1-7-17(2)25(22(26)24-23(3,4)5)16-18-9-8-10-20(15-18)30-31(27,28)21-13-11-19(29-6)12-14-21/h8-15,17H,7,16H2,1-6H3,(H,24,26)/t17-/m1/s1. The maximum atomic E-state index is 12.8. The van der Waals surface area contributed by atoms with Gasteiger partial charge in [-0.2, -0.15) is 8.42 Å². The zero-order valence-corrected chi connectivity index (χ0v) is 19.8. The Morgan fingerprint density at radius 3 is 2.29 bits per heavy atom. The molecule has 2 aromatic rings. The summed E-state index contributed by atoms with van der Waals surface area (Å²) in [7, 11) is -2.48. The van der Waals surface area contributed by atoms with Gasteiger partial charge >= 0.3 is 16.1 Å². The third-order valence-electron chi connectivity index (χ3n) is 4.67. The van der Waals surface area contributed by atoms with Crippen LogP contribution in [-0.4, -0.2) is 38.0 Å². The molecule has 0 aromatic heterocycles. The average Bonchev–Trinajstić information content (AvgIpc) is 2.70. The van der Waals surface area contributed by atoms with Gasteiger partial charge in [0.05, 0.1) is 7.11 Å². The first-order valence-electron chi connectivity index (χ1n) is 10.2. The Kier molecular flexibility index (Phi) is 7.95. The van der Waals surface area contributed by atoms with Gasteiger partial charge < -0.3 is 19.1 Å². The minimum Gasteiger partial charge on any atom is -0.497 e. The number of carbonyl (C=O) groups is 1. The molecule has 0 radical (unpaired) electrons. The second kappa shape index (κ2) is 10.0. The Hall–Kier alpha value is -2.74. The van der Waals surface area contributed by atoms with Crippen LogP contribution in [-0.2, 0) is 16.7 Å². The number of benzene rings is 2. The first-order chi connectivity index (χ1) is 14.4. The van der Waals surface area contributed by atoms with E-state index in [1.54, 1.807) is 35.2 Å². The van der Waals surface area contributed by atoms with Crippen LogP contribution >= 0.6 is 0 Å². The molecular formula is C23H32N2O5S. The summed E-state index contributed by atoms with van der Waals surface area (Å²) in [6.07, 6.45) is 0.791. The number of ether oxygens (including phenoxy) is 1. The van der Waals surface area contributed by atoms with Gasteiger partial charge in [-0.05, 0) is 76.1 Å². The summed E-state index contributed by atoms with van der Waals surface area (Å²) in [6.45, 7) is 10.1. The van der Waals surface area contributed by atoms with Crippen LogP contribution in [0, 0.1) is 0 Å². The number of nitrogens with zero attached hydrogens (tertiary/aromatic N) is 1. The molecule has 8 heteroatoms. The third-order valence-corrected chi connectivity index (χ3v) is 5.93. The Morgan fingerprint density at radius 1 is 1.10 bits per heavy atom. The lowest BCUT2D eigenvalue weighted by molar-refractivity contribution is 0.165. The van der Waals surface area contributed by atoms with Gasteiger partial charge in [0.2, 0.25) is 0 Å². The molecule has 0 fully saturated rings. The first kappa shape index (κ1) is 24.5. The Labute approximate surface area is 185 Å². The van der Waals surface area contributed by atoms with E-state index in [4.69, 9.17) is 8.92 Å².